The van der Waals surface area contributed by atoms with Crippen molar-refractivity contribution in [3.05, 3.63) is 75.5 Å². The smallest absolute Gasteiger partial charge is 0.301 e. The first-order valence-corrected chi connectivity index (χ1v) is 10.1. The maximum Gasteiger partial charge on any atom is 0.301 e. The number of nitrogens with zero attached hydrogens (tertiary/aromatic N) is 4. The Morgan fingerprint density at radius 1 is 1.19 bits per heavy atom. The van der Waals surface area contributed by atoms with Gasteiger partial charge in [-0.1, -0.05) is 43.8 Å². The van der Waals surface area contributed by atoms with E-state index in [1.165, 1.54) is 4.52 Å². The van der Waals surface area contributed by atoms with E-state index in [4.69, 9.17) is 15.7 Å². The Labute approximate surface area is 182 Å². The number of H-pyrrole nitrogens is 1. The molecule has 0 saturated heterocycles. The number of aromatic amines is 1. The SMILES string of the molecule is [C-]#[N+]c1[nH]n2c(=O)c(-c3nc4c(OC)cc(CC)cc4o3)c(C)nc2c1-c1ccccc1. The zero-order chi connectivity index (χ0) is 22.4. The average molecular weight is 425 g/mol. The number of ether oxygens (including phenoxy) is 1. The summed E-state index contributed by atoms with van der Waals surface area (Å²) in [6.07, 6.45) is 0.807. The zero-order valence-corrected chi connectivity index (χ0v) is 17.8. The number of methoxy groups -OCH3 is 1. The van der Waals surface area contributed by atoms with E-state index in [2.05, 4.69) is 19.9 Å². The van der Waals surface area contributed by atoms with Gasteiger partial charge in [0.25, 0.3) is 5.82 Å². The van der Waals surface area contributed by atoms with Gasteiger partial charge in [-0.05, 0) is 36.6 Å². The minimum Gasteiger partial charge on any atom is -0.494 e. The van der Waals surface area contributed by atoms with Gasteiger partial charge in [0.1, 0.15) is 11.3 Å². The molecule has 2 aromatic carbocycles. The highest BCUT2D eigenvalue weighted by atomic mass is 16.5. The van der Waals surface area contributed by atoms with Gasteiger partial charge in [0.2, 0.25) is 5.89 Å². The minimum atomic E-state index is -0.388. The van der Waals surface area contributed by atoms with Gasteiger partial charge < -0.3 is 14.0 Å². The van der Waals surface area contributed by atoms with Crippen molar-refractivity contribution in [2.24, 2.45) is 0 Å². The summed E-state index contributed by atoms with van der Waals surface area (Å²) in [7, 11) is 1.58. The van der Waals surface area contributed by atoms with Crippen LogP contribution in [0.3, 0.4) is 0 Å². The van der Waals surface area contributed by atoms with Crippen molar-refractivity contribution in [3.63, 3.8) is 0 Å². The molecule has 3 aromatic heterocycles. The molecule has 0 aliphatic heterocycles. The molecule has 0 radical (unpaired) electrons. The van der Waals surface area contributed by atoms with E-state index >= 15 is 0 Å². The van der Waals surface area contributed by atoms with Crippen LogP contribution in [0.5, 0.6) is 5.75 Å². The lowest BCUT2D eigenvalue weighted by Crippen LogP contribution is -2.19. The molecule has 32 heavy (non-hydrogen) atoms. The first-order valence-electron chi connectivity index (χ1n) is 10.1. The van der Waals surface area contributed by atoms with E-state index in [0.717, 1.165) is 17.5 Å². The molecule has 1 N–H and O–H groups in total. The lowest BCUT2D eigenvalue weighted by atomic mass is 10.1. The molecule has 0 aliphatic rings. The Morgan fingerprint density at radius 3 is 2.66 bits per heavy atom. The van der Waals surface area contributed by atoms with Crippen LogP contribution in [-0.4, -0.2) is 26.7 Å². The van der Waals surface area contributed by atoms with Crippen molar-refractivity contribution in [2.45, 2.75) is 20.3 Å². The van der Waals surface area contributed by atoms with E-state index < -0.39 is 0 Å². The molecule has 8 nitrogen and oxygen atoms in total. The summed E-state index contributed by atoms with van der Waals surface area (Å²) >= 11 is 0. The predicted octanol–water partition coefficient (Wildman–Crippen LogP) is 4.93. The third-order valence-electron chi connectivity index (χ3n) is 5.48. The van der Waals surface area contributed by atoms with Crippen LogP contribution in [-0.2, 0) is 6.42 Å². The van der Waals surface area contributed by atoms with Crippen molar-refractivity contribution in [1.29, 1.82) is 0 Å². The van der Waals surface area contributed by atoms with Crippen LogP contribution < -0.4 is 10.3 Å². The Hall–Kier alpha value is -4.38. The second-order valence-electron chi connectivity index (χ2n) is 7.37. The third-order valence-corrected chi connectivity index (χ3v) is 5.48. The maximum atomic E-state index is 13.5. The molecular formula is C24H19N5O3. The van der Waals surface area contributed by atoms with E-state index in [0.29, 0.717) is 33.8 Å². The summed E-state index contributed by atoms with van der Waals surface area (Å²) in [4.78, 5) is 26.3. The molecule has 0 saturated carbocycles. The Kier molecular flexibility index (Phi) is 4.52. The van der Waals surface area contributed by atoms with Crippen molar-refractivity contribution < 1.29 is 9.15 Å². The number of rotatable bonds is 4. The molecule has 5 rings (SSSR count). The van der Waals surface area contributed by atoms with Crippen molar-refractivity contribution in [3.8, 4) is 28.3 Å². The summed E-state index contributed by atoms with van der Waals surface area (Å²) in [5.74, 6) is 0.989. The second-order valence-corrected chi connectivity index (χ2v) is 7.37. The quantitative estimate of drug-likeness (QED) is 0.413. The van der Waals surface area contributed by atoms with Crippen molar-refractivity contribution in [2.75, 3.05) is 7.11 Å². The lowest BCUT2D eigenvalue weighted by Gasteiger charge is -2.03. The fraction of sp³-hybridized carbons (Fsp3) is 0.167. The fourth-order valence-electron chi connectivity index (χ4n) is 3.88. The van der Waals surface area contributed by atoms with Gasteiger partial charge in [-0.3, -0.25) is 4.79 Å². The number of hydrogen-bond donors (Lipinski definition) is 1. The van der Waals surface area contributed by atoms with E-state index in [1.807, 2.05) is 49.4 Å². The van der Waals surface area contributed by atoms with Crippen LogP contribution in [0.25, 0.3) is 44.2 Å². The summed E-state index contributed by atoms with van der Waals surface area (Å²) in [6, 6.07) is 13.2. The lowest BCUT2D eigenvalue weighted by molar-refractivity contribution is 0.418. The van der Waals surface area contributed by atoms with Gasteiger partial charge >= 0.3 is 5.56 Å². The number of oxazole rings is 1. The highest BCUT2D eigenvalue weighted by molar-refractivity contribution is 5.88. The fourth-order valence-corrected chi connectivity index (χ4v) is 3.88. The predicted molar refractivity (Wildman–Crippen MR) is 121 cm³/mol. The zero-order valence-electron chi connectivity index (χ0n) is 17.8. The standard InChI is InChI=1S/C24H19N5O3/c1-5-14-11-16(31-4)20-17(12-14)32-23(27-20)18-13(2)26-22-19(15-9-7-6-8-10-15)21(25-3)28-29(22)24(18)30/h6-12,28H,5H2,1-2,4H3. The molecule has 0 bridgehead atoms. The molecule has 8 heteroatoms. The Morgan fingerprint density at radius 2 is 1.97 bits per heavy atom. The molecule has 0 spiro atoms. The highest BCUT2D eigenvalue weighted by Crippen LogP contribution is 2.35. The summed E-state index contributed by atoms with van der Waals surface area (Å²) in [6.45, 7) is 11.3. The van der Waals surface area contributed by atoms with Crippen LogP contribution in [0.15, 0.2) is 51.7 Å². The van der Waals surface area contributed by atoms with Gasteiger partial charge in [-0.15, -0.1) is 4.52 Å². The Bertz CT molecular complexity index is 1590. The summed E-state index contributed by atoms with van der Waals surface area (Å²) in [5, 5.41) is 2.89. The third kappa shape index (κ3) is 2.87. The number of aryl methyl sites for hydroxylation is 2. The summed E-state index contributed by atoms with van der Waals surface area (Å²) in [5.41, 5.74) is 4.20. The molecular weight excluding hydrogens is 406 g/mol. The number of fused-ring (bicyclic) bond motifs is 2. The number of aromatic nitrogens is 4. The monoisotopic (exact) mass is 425 g/mol. The molecule has 0 unspecified atom stereocenters. The van der Waals surface area contributed by atoms with Gasteiger partial charge in [-0.2, -0.15) is 0 Å². The second kappa shape index (κ2) is 7.39. The van der Waals surface area contributed by atoms with Crippen LogP contribution in [0, 0.1) is 13.5 Å². The van der Waals surface area contributed by atoms with Gasteiger partial charge in [0.05, 0.1) is 18.4 Å². The number of hydrogen-bond acceptors (Lipinski definition) is 5. The molecule has 5 aromatic rings. The first-order chi connectivity index (χ1) is 15.5. The minimum absolute atomic E-state index is 0.163. The summed E-state index contributed by atoms with van der Waals surface area (Å²) < 4.78 is 12.7. The molecule has 0 fully saturated rings. The van der Waals surface area contributed by atoms with Crippen LogP contribution in [0.1, 0.15) is 18.2 Å². The largest absolute Gasteiger partial charge is 0.494 e. The van der Waals surface area contributed by atoms with E-state index in [9.17, 15) is 4.79 Å². The molecule has 0 atom stereocenters. The van der Waals surface area contributed by atoms with Crippen LogP contribution in [0.2, 0.25) is 0 Å². The maximum absolute atomic E-state index is 13.5. The van der Waals surface area contributed by atoms with Crippen LogP contribution in [0.4, 0.5) is 5.82 Å². The van der Waals surface area contributed by atoms with E-state index in [1.54, 1.807) is 14.0 Å². The van der Waals surface area contributed by atoms with Gasteiger partial charge in [-0.25, -0.2) is 15.1 Å². The average Bonchev–Trinajstić information content (AvgIpc) is 3.40. The topological polar surface area (TPSA) is 89.8 Å². The number of nitrogens with one attached hydrogen (secondary N) is 1. The van der Waals surface area contributed by atoms with Crippen molar-refractivity contribution in [1.82, 2.24) is 19.6 Å². The van der Waals surface area contributed by atoms with Crippen molar-refractivity contribution >= 4 is 22.6 Å². The first kappa shape index (κ1) is 19.6. The Balaban J connectivity index is 1.78. The molecule has 0 amide bonds. The molecule has 3 heterocycles. The van der Waals surface area contributed by atoms with Gasteiger partial charge in [0.15, 0.2) is 16.7 Å². The number of benzene rings is 2. The highest BCUT2D eigenvalue weighted by Gasteiger charge is 2.24. The normalized spacial score (nSPS) is 11.2. The molecule has 0 aliphatic carbocycles. The van der Waals surface area contributed by atoms with Crippen LogP contribution >= 0.6 is 0 Å². The van der Waals surface area contributed by atoms with Gasteiger partial charge in [0, 0.05) is 0 Å². The molecule has 158 valence electrons. The van der Waals surface area contributed by atoms with E-state index in [-0.39, 0.29) is 22.8 Å².